The molecular weight excluding hydrogens is 215 g/mol. The van der Waals surface area contributed by atoms with E-state index in [1.807, 2.05) is 0 Å². The SMILES string of the molecule is CC[C@H](O)C(F)(F)C(O)(O)C(F)(F)F. The molecule has 0 rings (SSSR count). The van der Waals surface area contributed by atoms with Crippen LogP contribution in [0.3, 0.4) is 0 Å². The van der Waals surface area contributed by atoms with Crippen LogP contribution >= 0.6 is 0 Å². The fourth-order valence-corrected chi connectivity index (χ4v) is 0.678. The van der Waals surface area contributed by atoms with Gasteiger partial charge in [0.25, 0.3) is 0 Å². The van der Waals surface area contributed by atoms with E-state index < -0.39 is 30.4 Å². The molecule has 0 fully saturated rings. The molecular formula is C6H9F5O3. The Hall–Kier alpha value is -0.470. The molecule has 1 atom stereocenters. The van der Waals surface area contributed by atoms with Crippen LogP contribution in [-0.4, -0.2) is 39.3 Å². The third kappa shape index (κ3) is 1.96. The van der Waals surface area contributed by atoms with Gasteiger partial charge < -0.3 is 15.3 Å². The van der Waals surface area contributed by atoms with E-state index in [1.165, 1.54) is 0 Å². The zero-order chi connectivity index (χ0) is 11.8. The van der Waals surface area contributed by atoms with Crippen LogP contribution < -0.4 is 0 Å². The topological polar surface area (TPSA) is 60.7 Å². The minimum atomic E-state index is -5.94. The second-order valence-electron chi connectivity index (χ2n) is 2.72. The summed E-state index contributed by atoms with van der Waals surface area (Å²) < 4.78 is 60.4. The molecule has 0 radical (unpaired) electrons. The summed E-state index contributed by atoms with van der Waals surface area (Å²) in [6.45, 7) is 0.977. The first-order chi connectivity index (χ1) is 5.98. The van der Waals surface area contributed by atoms with Crippen molar-refractivity contribution in [1.82, 2.24) is 0 Å². The summed E-state index contributed by atoms with van der Waals surface area (Å²) >= 11 is 0. The molecule has 0 bridgehead atoms. The molecule has 14 heavy (non-hydrogen) atoms. The van der Waals surface area contributed by atoms with Crippen molar-refractivity contribution in [2.75, 3.05) is 0 Å². The number of rotatable bonds is 3. The minimum absolute atomic E-state index is 0.744. The largest absolute Gasteiger partial charge is 0.449 e. The molecule has 3 N–H and O–H groups in total. The third-order valence-electron chi connectivity index (χ3n) is 1.67. The highest BCUT2D eigenvalue weighted by molar-refractivity contribution is 4.94. The Morgan fingerprint density at radius 2 is 1.43 bits per heavy atom. The molecule has 0 saturated carbocycles. The second-order valence-corrected chi connectivity index (χ2v) is 2.72. The summed E-state index contributed by atoms with van der Waals surface area (Å²) in [6.07, 6.45) is -9.46. The van der Waals surface area contributed by atoms with E-state index in [-0.39, 0.29) is 0 Å². The van der Waals surface area contributed by atoms with Gasteiger partial charge in [-0.15, -0.1) is 0 Å². The number of alkyl halides is 5. The van der Waals surface area contributed by atoms with Crippen LogP contribution in [0.15, 0.2) is 0 Å². The van der Waals surface area contributed by atoms with Crippen LogP contribution in [0.5, 0.6) is 0 Å². The molecule has 0 aliphatic carbocycles. The fraction of sp³-hybridized carbons (Fsp3) is 1.00. The van der Waals surface area contributed by atoms with Gasteiger partial charge in [0.15, 0.2) is 0 Å². The Bertz CT molecular complexity index is 200. The number of halogens is 5. The van der Waals surface area contributed by atoms with E-state index in [4.69, 9.17) is 15.3 Å². The molecule has 8 heteroatoms. The van der Waals surface area contributed by atoms with E-state index in [0.717, 1.165) is 6.92 Å². The second kappa shape index (κ2) is 3.59. The number of aliphatic hydroxyl groups is 3. The van der Waals surface area contributed by atoms with Gasteiger partial charge in [-0.25, -0.2) is 0 Å². The highest BCUT2D eigenvalue weighted by Crippen LogP contribution is 2.42. The molecule has 0 amide bonds. The lowest BCUT2D eigenvalue weighted by Gasteiger charge is -2.34. The summed E-state index contributed by atoms with van der Waals surface area (Å²) in [4.78, 5) is 0. The van der Waals surface area contributed by atoms with Crippen molar-refractivity contribution in [2.45, 2.75) is 37.3 Å². The van der Waals surface area contributed by atoms with Crippen LogP contribution in [0.25, 0.3) is 0 Å². The molecule has 0 unspecified atom stereocenters. The van der Waals surface area contributed by atoms with Gasteiger partial charge in [0, 0.05) is 0 Å². The van der Waals surface area contributed by atoms with Crippen LogP contribution in [-0.2, 0) is 0 Å². The van der Waals surface area contributed by atoms with Crippen LogP contribution in [0.2, 0.25) is 0 Å². The summed E-state index contributed by atoms with van der Waals surface area (Å²) in [5, 5.41) is 24.9. The number of hydrogen-bond acceptors (Lipinski definition) is 3. The molecule has 0 heterocycles. The molecule has 0 aromatic carbocycles. The molecule has 0 saturated heterocycles. The fourth-order valence-electron chi connectivity index (χ4n) is 0.678. The number of hydrogen-bond donors (Lipinski definition) is 3. The average Bonchev–Trinajstić information content (AvgIpc) is 2.00. The smallest absolute Gasteiger partial charge is 0.387 e. The van der Waals surface area contributed by atoms with Gasteiger partial charge in [0.05, 0.1) is 0 Å². The van der Waals surface area contributed by atoms with Crippen molar-refractivity contribution in [1.29, 1.82) is 0 Å². The van der Waals surface area contributed by atoms with Crippen LogP contribution in [0, 0.1) is 0 Å². The third-order valence-corrected chi connectivity index (χ3v) is 1.67. The van der Waals surface area contributed by atoms with E-state index in [1.54, 1.807) is 0 Å². The lowest BCUT2D eigenvalue weighted by atomic mass is 10.0. The molecule has 0 spiro atoms. The van der Waals surface area contributed by atoms with Crippen molar-refractivity contribution in [3.63, 3.8) is 0 Å². The Balaban J connectivity index is 5.07. The van der Waals surface area contributed by atoms with Crippen molar-refractivity contribution >= 4 is 0 Å². The molecule has 3 nitrogen and oxygen atoms in total. The monoisotopic (exact) mass is 224 g/mol. The predicted molar refractivity (Wildman–Crippen MR) is 34.5 cm³/mol. The highest BCUT2D eigenvalue weighted by Gasteiger charge is 2.71. The minimum Gasteiger partial charge on any atom is -0.387 e. The quantitative estimate of drug-likeness (QED) is 0.487. The van der Waals surface area contributed by atoms with Gasteiger partial charge in [-0.3, -0.25) is 0 Å². The number of aliphatic hydroxyl groups excluding tert-OH is 1. The van der Waals surface area contributed by atoms with Crippen molar-refractivity contribution in [3.8, 4) is 0 Å². The Morgan fingerprint density at radius 3 is 1.64 bits per heavy atom. The van der Waals surface area contributed by atoms with Gasteiger partial charge >= 0.3 is 17.9 Å². The van der Waals surface area contributed by atoms with Crippen molar-refractivity contribution in [3.05, 3.63) is 0 Å². The molecule has 86 valence electrons. The molecule has 0 aliphatic rings. The van der Waals surface area contributed by atoms with E-state index in [2.05, 4.69) is 0 Å². The van der Waals surface area contributed by atoms with Gasteiger partial charge in [0.1, 0.15) is 6.10 Å². The van der Waals surface area contributed by atoms with Crippen molar-refractivity contribution < 1.29 is 37.3 Å². The molecule has 0 aromatic rings. The summed E-state index contributed by atoms with van der Waals surface area (Å²) in [6, 6.07) is 0. The standard InChI is InChI=1S/C6H9F5O3/c1-2-3(12)4(7,8)5(13,14)6(9,10)11/h3,12-14H,2H2,1H3/t3-/m0/s1. The molecule has 0 aliphatic heterocycles. The maximum atomic E-state index is 12.6. The maximum Gasteiger partial charge on any atom is 0.449 e. The zero-order valence-corrected chi connectivity index (χ0v) is 7.02. The van der Waals surface area contributed by atoms with Crippen LogP contribution in [0.4, 0.5) is 22.0 Å². The van der Waals surface area contributed by atoms with Gasteiger partial charge in [-0.2, -0.15) is 22.0 Å². The van der Waals surface area contributed by atoms with Crippen LogP contribution in [0.1, 0.15) is 13.3 Å². The maximum absolute atomic E-state index is 12.6. The first-order valence-corrected chi connectivity index (χ1v) is 3.55. The zero-order valence-electron chi connectivity index (χ0n) is 7.02. The lowest BCUT2D eigenvalue weighted by Crippen LogP contribution is -2.63. The lowest BCUT2D eigenvalue weighted by molar-refractivity contribution is -0.428. The van der Waals surface area contributed by atoms with E-state index in [9.17, 15) is 22.0 Å². The summed E-state index contributed by atoms with van der Waals surface area (Å²) in [5.74, 6) is -10.3. The van der Waals surface area contributed by atoms with Crippen molar-refractivity contribution in [2.24, 2.45) is 0 Å². The highest BCUT2D eigenvalue weighted by atomic mass is 19.4. The summed E-state index contributed by atoms with van der Waals surface area (Å²) in [7, 11) is 0. The van der Waals surface area contributed by atoms with E-state index >= 15 is 0 Å². The Morgan fingerprint density at radius 1 is 1.07 bits per heavy atom. The first-order valence-electron chi connectivity index (χ1n) is 3.55. The predicted octanol–water partition coefficient (Wildman–Crippen LogP) is 0.636. The average molecular weight is 224 g/mol. The normalized spacial score (nSPS) is 16.9. The Labute approximate surface area is 75.8 Å². The van der Waals surface area contributed by atoms with E-state index in [0.29, 0.717) is 0 Å². The summed E-state index contributed by atoms with van der Waals surface area (Å²) in [5.41, 5.74) is 0. The molecule has 0 aromatic heterocycles. The van der Waals surface area contributed by atoms with Gasteiger partial charge in [-0.1, -0.05) is 6.92 Å². The first kappa shape index (κ1) is 13.5. The van der Waals surface area contributed by atoms with Gasteiger partial charge in [-0.05, 0) is 6.42 Å². The Kier molecular flexibility index (Phi) is 3.47. The van der Waals surface area contributed by atoms with Gasteiger partial charge in [0.2, 0.25) is 0 Å².